The summed E-state index contributed by atoms with van der Waals surface area (Å²) < 4.78 is 11.6. The highest BCUT2D eigenvalue weighted by Gasteiger charge is 2.18. The van der Waals surface area contributed by atoms with Gasteiger partial charge in [0.15, 0.2) is 0 Å². The third-order valence-corrected chi connectivity index (χ3v) is 5.37. The van der Waals surface area contributed by atoms with E-state index in [-0.39, 0.29) is 13.2 Å². The molecule has 7 heteroatoms. The van der Waals surface area contributed by atoms with Crippen LogP contribution in [0.5, 0.6) is 5.75 Å². The molecular weight excluding hydrogens is 391 g/mol. The summed E-state index contributed by atoms with van der Waals surface area (Å²) in [6.45, 7) is 0.262. The van der Waals surface area contributed by atoms with Crippen LogP contribution >= 0.6 is 46.1 Å². The van der Waals surface area contributed by atoms with Gasteiger partial charge in [-0.15, -0.1) is 11.3 Å². The highest BCUT2D eigenvalue weighted by molar-refractivity contribution is 7.21. The van der Waals surface area contributed by atoms with Gasteiger partial charge in [0.25, 0.3) is 0 Å². The lowest BCUT2D eigenvalue weighted by Gasteiger charge is -2.08. The second kappa shape index (κ2) is 7.62. The molecule has 0 aliphatic carbocycles. The van der Waals surface area contributed by atoms with E-state index in [0.717, 1.165) is 10.1 Å². The van der Waals surface area contributed by atoms with Crippen LogP contribution in [0.15, 0.2) is 42.5 Å². The number of fused-ring (bicyclic) bond motifs is 1. The highest BCUT2D eigenvalue weighted by atomic mass is 35.5. The Labute approximate surface area is 157 Å². The molecule has 2 aromatic carbocycles. The molecule has 0 N–H and O–H groups in total. The molecule has 0 saturated carbocycles. The fourth-order valence-corrected chi connectivity index (χ4v) is 3.95. The second-order valence-electron chi connectivity index (χ2n) is 4.80. The lowest BCUT2D eigenvalue weighted by atomic mass is 10.2. The summed E-state index contributed by atoms with van der Waals surface area (Å²) in [5, 5.41) is 2.20. The van der Waals surface area contributed by atoms with E-state index in [1.165, 1.54) is 11.3 Å². The largest absolute Gasteiger partial charge is 0.488 e. The van der Waals surface area contributed by atoms with Gasteiger partial charge in [0.05, 0.1) is 10.0 Å². The number of carbonyl (C=O) groups excluding carboxylic acids is 1. The molecule has 124 valence electrons. The van der Waals surface area contributed by atoms with Gasteiger partial charge in [0.1, 0.15) is 23.8 Å². The molecule has 3 aromatic rings. The normalized spacial score (nSPS) is 10.8. The maximum Gasteiger partial charge on any atom is 0.350 e. The van der Waals surface area contributed by atoms with E-state index >= 15 is 0 Å². The molecule has 0 amide bonds. The molecule has 0 atom stereocenters. The van der Waals surface area contributed by atoms with Crippen molar-refractivity contribution < 1.29 is 14.3 Å². The maximum absolute atomic E-state index is 12.2. The molecule has 0 spiro atoms. The first kappa shape index (κ1) is 17.4. The summed E-state index contributed by atoms with van der Waals surface area (Å²) in [6, 6.07) is 12.5. The molecule has 0 radical (unpaired) electrons. The van der Waals surface area contributed by atoms with Crippen molar-refractivity contribution in [1.82, 2.24) is 0 Å². The van der Waals surface area contributed by atoms with Crippen molar-refractivity contribution in [3.05, 3.63) is 62.4 Å². The number of halogens is 3. The smallest absolute Gasteiger partial charge is 0.350 e. The van der Waals surface area contributed by atoms with Gasteiger partial charge in [-0.1, -0.05) is 53.0 Å². The van der Waals surface area contributed by atoms with Crippen LogP contribution in [0.4, 0.5) is 0 Å². The van der Waals surface area contributed by atoms with Gasteiger partial charge in [0.2, 0.25) is 0 Å². The number of ether oxygens (including phenoxy) is 2. The number of thiophene rings is 1. The zero-order valence-electron chi connectivity index (χ0n) is 12.2. The summed E-state index contributed by atoms with van der Waals surface area (Å²) in [4.78, 5) is 12.6. The monoisotopic (exact) mass is 400 g/mol. The van der Waals surface area contributed by atoms with Gasteiger partial charge >= 0.3 is 5.97 Å². The highest BCUT2D eigenvalue weighted by Crippen LogP contribution is 2.35. The molecule has 3 rings (SSSR count). The third-order valence-electron chi connectivity index (χ3n) is 3.19. The molecule has 3 nitrogen and oxygen atoms in total. The van der Waals surface area contributed by atoms with Crippen molar-refractivity contribution in [1.29, 1.82) is 0 Å². The Kier molecular flexibility index (Phi) is 5.51. The average molecular weight is 402 g/mol. The molecular formula is C17H11Cl3O3S. The predicted molar refractivity (Wildman–Crippen MR) is 99.1 cm³/mol. The van der Waals surface area contributed by atoms with E-state index in [4.69, 9.17) is 44.3 Å². The zero-order valence-corrected chi connectivity index (χ0v) is 15.3. The Balaban J connectivity index is 1.58. The molecule has 24 heavy (non-hydrogen) atoms. The minimum atomic E-state index is -0.466. The van der Waals surface area contributed by atoms with Crippen LogP contribution in [-0.4, -0.2) is 19.2 Å². The van der Waals surface area contributed by atoms with Crippen LogP contribution in [0.2, 0.25) is 15.1 Å². The molecule has 0 unspecified atom stereocenters. The number of esters is 1. The van der Waals surface area contributed by atoms with Crippen molar-refractivity contribution in [3.8, 4) is 5.75 Å². The zero-order chi connectivity index (χ0) is 17.1. The van der Waals surface area contributed by atoms with Crippen LogP contribution < -0.4 is 4.74 Å². The first-order valence-electron chi connectivity index (χ1n) is 6.98. The Morgan fingerprint density at radius 3 is 2.58 bits per heavy atom. The summed E-state index contributed by atoms with van der Waals surface area (Å²) in [6.07, 6.45) is 0. The fraction of sp³-hybridized carbons (Fsp3) is 0.118. The lowest BCUT2D eigenvalue weighted by molar-refractivity contribution is 0.0456. The summed E-state index contributed by atoms with van der Waals surface area (Å²) in [7, 11) is 0. The molecule has 1 heterocycles. The predicted octanol–water partition coefficient (Wildman–Crippen LogP) is 6.10. The summed E-state index contributed by atoms with van der Waals surface area (Å²) in [5.74, 6) is 0.0176. The standard InChI is InChI=1S/C17H11Cl3O3S/c18-10-5-6-13(12(19)9-10)22-7-8-23-17(21)16-15(20)11-3-1-2-4-14(11)24-16/h1-6,9H,7-8H2. The topological polar surface area (TPSA) is 35.5 Å². The van der Waals surface area contributed by atoms with Gasteiger partial charge in [-0.25, -0.2) is 4.79 Å². The Hall–Kier alpha value is -1.46. The van der Waals surface area contributed by atoms with Crippen molar-refractivity contribution in [2.75, 3.05) is 13.2 Å². The SMILES string of the molecule is O=C(OCCOc1ccc(Cl)cc1Cl)c1sc2ccccc2c1Cl. The molecule has 0 saturated heterocycles. The number of benzene rings is 2. The first-order valence-corrected chi connectivity index (χ1v) is 8.93. The van der Waals surface area contributed by atoms with Crippen LogP contribution in [-0.2, 0) is 4.74 Å². The van der Waals surface area contributed by atoms with Gasteiger partial charge in [0, 0.05) is 15.1 Å². The maximum atomic E-state index is 12.2. The van der Waals surface area contributed by atoms with E-state index in [2.05, 4.69) is 0 Å². The van der Waals surface area contributed by atoms with Crippen molar-refractivity contribution in [2.24, 2.45) is 0 Å². The summed E-state index contributed by atoms with van der Waals surface area (Å²) >= 11 is 19.4. The molecule has 0 bridgehead atoms. The fourth-order valence-electron chi connectivity index (χ4n) is 2.09. The van der Waals surface area contributed by atoms with Crippen molar-refractivity contribution >= 4 is 62.2 Å². The lowest BCUT2D eigenvalue weighted by Crippen LogP contribution is -2.11. The molecule has 1 aromatic heterocycles. The number of hydrogen-bond donors (Lipinski definition) is 0. The third kappa shape index (κ3) is 3.78. The van der Waals surface area contributed by atoms with E-state index < -0.39 is 5.97 Å². The second-order valence-corrected chi connectivity index (χ2v) is 7.07. The molecule has 0 fully saturated rings. The minimum Gasteiger partial charge on any atom is -0.488 e. The average Bonchev–Trinajstić information content (AvgIpc) is 2.90. The van der Waals surface area contributed by atoms with E-state index in [1.54, 1.807) is 18.2 Å². The Morgan fingerprint density at radius 2 is 1.83 bits per heavy atom. The van der Waals surface area contributed by atoms with E-state index in [0.29, 0.717) is 25.7 Å². The number of rotatable bonds is 5. The van der Waals surface area contributed by atoms with Crippen molar-refractivity contribution in [3.63, 3.8) is 0 Å². The van der Waals surface area contributed by atoms with Gasteiger partial charge in [-0.3, -0.25) is 0 Å². The first-order chi connectivity index (χ1) is 11.6. The van der Waals surface area contributed by atoms with Crippen LogP contribution in [0, 0.1) is 0 Å². The van der Waals surface area contributed by atoms with E-state index in [1.807, 2.05) is 24.3 Å². The van der Waals surface area contributed by atoms with Gasteiger partial charge < -0.3 is 9.47 Å². The quantitative estimate of drug-likeness (QED) is 0.383. The molecule has 0 aliphatic heterocycles. The van der Waals surface area contributed by atoms with Crippen LogP contribution in [0.3, 0.4) is 0 Å². The van der Waals surface area contributed by atoms with Crippen LogP contribution in [0.25, 0.3) is 10.1 Å². The van der Waals surface area contributed by atoms with Gasteiger partial charge in [-0.05, 0) is 24.3 Å². The summed E-state index contributed by atoms with van der Waals surface area (Å²) in [5.41, 5.74) is 0. The van der Waals surface area contributed by atoms with E-state index in [9.17, 15) is 4.79 Å². The number of hydrogen-bond acceptors (Lipinski definition) is 4. The van der Waals surface area contributed by atoms with Crippen molar-refractivity contribution in [2.45, 2.75) is 0 Å². The van der Waals surface area contributed by atoms with Gasteiger partial charge in [-0.2, -0.15) is 0 Å². The Morgan fingerprint density at radius 1 is 1.04 bits per heavy atom. The van der Waals surface area contributed by atoms with Crippen LogP contribution in [0.1, 0.15) is 9.67 Å². The minimum absolute atomic E-state index is 0.0857. The number of carbonyl (C=O) groups is 1. The Bertz CT molecular complexity index is 892. The molecule has 0 aliphatic rings.